The highest BCUT2D eigenvalue weighted by Gasteiger charge is 2.24. The van der Waals surface area contributed by atoms with Crippen molar-refractivity contribution >= 4 is 5.69 Å². The fraction of sp³-hybridized carbons (Fsp3) is 0.400. The standard InChI is InChI=1S/C20H25N/c1-4-16-9-7-8-15(3)20(16)21-19-13-12-14(2)17-10-5-6-11-18(17)19/h5-11,14,19,21H,4,12-13H2,1-3H3. The van der Waals surface area contributed by atoms with Gasteiger partial charge in [-0.1, -0.05) is 56.3 Å². The lowest BCUT2D eigenvalue weighted by Gasteiger charge is -2.32. The number of anilines is 1. The molecular formula is C20H25N. The van der Waals surface area contributed by atoms with Crippen LogP contribution >= 0.6 is 0 Å². The number of fused-ring (bicyclic) bond motifs is 1. The van der Waals surface area contributed by atoms with E-state index in [9.17, 15) is 0 Å². The predicted octanol–water partition coefficient (Wildman–Crippen LogP) is 5.61. The fourth-order valence-corrected chi connectivity index (χ4v) is 3.56. The molecule has 1 aliphatic rings. The van der Waals surface area contributed by atoms with Gasteiger partial charge in [-0.15, -0.1) is 0 Å². The van der Waals surface area contributed by atoms with E-state index in [-0.39, 0.29) is 0 Å². The maximum atomic E-state index is 3.85. The van der Waals surface area contributed by atoms with Gasteiger partial charge in [-0.3, -0.25) is 0 Å². The van der Waals surface area contributed by atoms with Crippen LogP contribution in [-0.2, 0) is 6.42 Å². The molecule has 2 aromatic rings. The lowest BCUT2D eigenvalue weighted by molar-refractivity contribution is 0.534. The van der Waals surface area contributed by atoms with Gasteiger partial charge in [0.25, 0.3) is 0 Å². The summed E-state index contributed by atoms with van der Waals surface area (Å²) in [5.74, 6) is 0.682. The highest BCUT2D eigenvalue weighted by molar-refractivity contribution is 5.59. The normalized spacial score (nSPS) is 20.9. The molecule has 0 heterocycles. The molecule has 3 rings (SSSR count). The van der Waals surface area contributed by atoms with Crippen molar-refractivity contribution in [1.29, 1.82) is 0 Å². The summed E-state index contributed by atoms with van der Waals surface area (Å²) in [7, 11) is 0. The zero-order valence-corrected chi connectivity index (χ0v) is 13.3. The number of hydrogen-bond donors (Lipinski definition) is 1. The van der Waals surface area contributed by atoms with Crippen molar-refractivity contribution in [3.05, 3.63) is 64.7 Å². The van der Waals surface area contributed by atoms with Crippen LogP contribution in [-0.4, -0.2) is 0 Å². The van der Waals surface area contributed by atoms with Gasteiger partial charge >= 0.3 is 0 Å². The molecule has 1 aliphatic carbocycles. The van der Waals surface area contributed by atoms with Crippen LogP contribution in [0.5, 0.6) is 0 Å². The molecule has 0 aliphatic heterocycles. The van der Waals surface area contributed by atoms with E-state index in [0.29, 0.717) is 12.0 Å². The molecule has 2 unspecified atom stereocenters. The maximum absolute atomic E-state index is 3.85. The summed E-state index contributed by atoms with van der Waals surface area (Å²) >= 11 is 0. The molecule has 2 atom stereocenters. The van der Waals surface area contributed by atoms with Crippen molar-refractivity contribution in [3.63, 3.8) is 0 Å². The van der Waals surface area contributed by atoms with Crippen LogP contribution in [0.4, 0.5) is 5.69 Å². The van der Waals surface area contributed by atoms with E-state index in [2.05, 4.69) is 68.6 Å². The number of aryl methyl sites for hydroxylation is 2. The van der Waals surface area contributed by atoms with Crippen molar-refractivity contribution in [1.82, 2.24) is 0 Å². The first-order valence-electron chi connectivity index (χ1n) is 8.14. The monoisotopic (exact) mass is 279 g/mol. The molecule has 0 saturated heterocycles. The Hall–Kier alpha value is -1.76. The second-order valence-electron chi connectivity index (χ2n) is 6.27. The van der Waals surface area contributed by atoms with Crippen LogP contribution in [0.1, 0.15) is 60.9 Å². The SMILES string of the molecule is CCc1cccc(C)c1NC1CCC(C)c2ccccc21. The van der Waals surface area contributed by atoms with E-state index in [1.165, 1.54) is 40.8 Å². The van der Waals surface area contributed by atoms with E-state index in [0.717, 1.165) is 6.42 Å². The minimum absolute atomic E-state index is 0.448. The number of rotatable bonds is 3. The number of hydrogen-bond acceptors (Lipinski definition) is 1. The van der Waals surface area contributed by atoms with Crippen LogP contribution in [0, 0.1) is 6.92 Å². The minimum atomic E-state index is 0.448. The molecule has 2 aromatic carbocycles. The first-order valence-corrected chi connectivity index (χ1v) is 8.14. The van der Waals surface area contributed by atoms with Crippen LogP contribution in [0.25, 0.3) is 0 Å². The van der Waals surface area contributed by atoms with Gasteiger partial charge in [0.15, 0.2) is 0 Å². The molecule has 1 nitrogen and oxygen atoms in total. The maximum Gasteiger partial charge on any atom is 0.0517 e. The molecule has 0 aromatic heterocycles. The Kier molecular flexibility index (Phi) is 4.01. The third-order valence-electron chi connectivity index (χ3n) is 4.85. The molecule has 0 amide bonds. The van der Waals surface area contributed by atoms with Gasteiger partial charge in [0.05, 0.1) is 6.04 Å². The minimum Gasteiger partial charge on any atom is -0.378 e. The van der Waals surface area contributed by atoms with Gasteiger partial charge in [0, 0.05) is 5.69 Å². The van der Waals surface area contributed by atoms with E-state index in [1.54, 1.807) is 0 Å². The van der Waals surface area contributed by atoms with E-state index in [1.807, 2.05) is 0 Å². The summed E-state index contributed by atoms with van der Waals surface area (Å²) in [5.41, 5.74) is 7.13. The van der Waals surface area contributed by atoms with Gasteiger partial charge in [-0.05, 0) is 54.4 Å². The second kappa shape index (κ2) is 5.93. The van der Waals surface area contributed by atoms with Crippen LogP contribution in [0.15, 0.2) is 42.5 Å². The summed E-state index contributed by atoms with van der Waals surface area (Å²) in [6, 6.07) is 16.0. The molecule has 110 valence electrons. The summed E-state index contributed by atoms with van der Waals surface area (Å²) < 4.78 is 0. The molecular weight excluding hydrogens is 254 g/mol. The first-order chi connectivity index (χ1) is 10.2. The van der Waals surface area contributed by atoms with Gasteiger partial charge in [-0.25, -0.2) is 0 Å². The summed E-state index contributed by atoms with van der Waals surface area (Å²) in [5, 5.41) is 3.85. The van der Waals surface area contributed by atoms with Crippen molar-refractivity contribution in [3.8, 4) is 0 Å². The third kappa shape index (κ3) is 2.70. The van der Waals surface area contributed by atoms with E-state index < -0.39 is 0 Å². The van der Waals surface area contributed by atoms with Crippen molar-refractivity contribution in [2.75, 3.05) is 5.32 Å². The van der Waals surface area contributed by atoms with Crippen LogP contribution in [0.3, 0.4) is 0 Å². The summed E-state index contributed by atoms with van der Waals surface area (Å²) in [4.78, 5) is 0. The Morgan fingerprint density at radius 3 is 2.52 bits per heavy atom. The molecule has 1 heteroatoms. The third-order valence-corrected chi connectivity index (χ3v) is 4.85. The quantitative estimate of drug-likeness (QED) is 0.770. The topological polar surface area (TPSA) is 12.0 Å². The fourth-order valence-electron chi connectivity index (χ4n) is 3.56. The lowest BCUT2D eigenvalue weighted by atomic mass is 9.81. The highest BCUT2D eigenvalue weighted by Crippen LogP contribution is 2.39. The number of benzene rings is 2. The van der Waals surface area contributed by atoms with Crippen molar-refractivity contribution in [2.24, 2.45) is 0 Å². The van der Waals surface area contributed by atoms with E-state index >= 15 is 0 Å². The molecule has 21 heavy (non-hydrogen) atoms. The zero-order chi connectivity index (χ0) is 14.8. The Balaban J connectivity index is 1.95. The Bertz CT molecular complexity index is 629. The Morgan fingerprint density at radius 1 is 1.00 bits per heavy atom. The average Bonchev–Trinajstić information content (AvgIpc) is 2.52. The van der Waals surface area contributed by atoms with Gasteiger partial charge in [0.1, 0.15) is 0 Å². The molecule has 0 fully saturated rings. The lowest BCUT2D eigenvalue weighted by Crippen LogP contribution is -2.20. The van der Waals surface area contributed by atoms with Gasteiger partial charge in [-0.2, -0.15) is 0 Å². The second-order valence-corrected chi connectivity index (χ2v) is 6.27. The predicted molar refractivity (Wildman–Crippen MR) is 91.0 cm³/mol. The molecule has 0 spiro atoms. The zero-order valence-electron chi connectivity index (χ0n) is 13.3. The number of para-hydroxylation sites is 1. The van der Waals surface area contributed by atoms with Crippen LogP contribution in [0.2, 0.25) is 0 Å². The highest BCUT2D eigenvalue weighted by atomic mass is 14.9. The summed E-state index contributed by atoms with van der Waals surface area (Å²) in [6.07, 6.45) is 3.56. The van der Waals surface area contributed by atoms with Crippen molar-refractivity contribution < 1.29 is 0 Å². The Labute approximate surface area is 128 Å². The smallest absolute Gasteiger partial charge is 0.0517 e. The van der Waals surface area contributed by atoms with Crippen LogP contribution < -0.4 is 5.32 Å². The van der Waals surface area contributed by atoms with E-state index in [4.69, 9.17) is 0 Å². The van der Waals surface area contributed by atoms with Gasteiger partial charge in [0.2, 0.25) is 0 Å². The number of nitrogens with one attached hydrogen (secondary N) is 1. The molecule has 0 bridgehead atoms. The molecule has 0 radical (unpaired) electrons. The average molecular weight is 279 g/mol. The molecule has 1 N–H and O–H groups in total. The van der Waals surface area contributed by atoms with Crippen molar-refractivity contribution in [2.45, 2.75) is 52.0 Å². The first kappa shape index (κ1) is 14.2. The Morgan fingerprint density at radius 2 is 1.76 bits per heavy atom. The van der Waals surface area contributed by atoms with Gasteiger partial charge < -0.3 is 5.32 Å². The summed E-state index contributed by atoms with van der Waals surface area (Å²) in [6.45, 7) is 6.79. The molecule has 0 saturated carbocycles. The largest absolute Gasteiger partial charge is 0.378 e.